The van der Waals surface area contributed by atoms with Crippen LogP contribution < -0.4 is 0 Å². The van der Waals surface area contributed by atoms with Crippen molar-refractivity contribution < 1.29 is 15.0 Å². The Kier molecular flexibility index (Phi) is 8.42. The molecule has 0 spiro atoms. The Morgan fingerprint density at radius 3 is 2.71 bits per heavy atom. The molecular weight excluding hydrogens is 216 g/mol. The molecule has 0 aliphatic rings. The van der Waals surface area contributed by atoms with Gasteiger partial charge in [-0.25, -0.2) is 0 Å². The maximum Gasteiger partial charge on any atom is 0.133 e. The number of carbonyl (C=O) groups excluding carboxylic acids is 1. The lowest BCUT2D eigenvalue weighted by Gasteiger charge is -1.96. The summed E-state index contributed by atoms with van der Waals surface area (Å²) in [6, 6.07) is 0. The normalized spacial score (nSPS) is 14.0. The summed E-state index contributed by atoms with van der Waals surface area (Å²) in [4.78, 5) is 10.6. The van der Waals surface area contributed by atoms with E-state index in [-0.39, 0.29) is 18.6 Å². The van der Waals surface area contributed by atoms with Crippen molar-refractivity contribution in [2.45, 2.75) is 32.0 Å². The molecule has 0 rings (SSSR count). The summed E-state index contributed by atoms with van der Waals surface area (Å²) < 4.78 is 0. The van der Waals surface area contributed by atoms with Crippen LogP contribution in [0.15, 0.2) is 24.3 Å². The number of aliphatic hydroxyl groups excluding tert-OH is 2. The topological polar surface area (TPSA) is 57.5 Å². The van der Waals surface area contributed by atoms with Gasteiger partial charge < -0.3 is 10.2 Å². The molecule has 0 amide bonds. The molecule has 0 saturated heterocycles. The van der Waals surface area contributed by atoms with Gasteiger partial charge in [0, 0.05) is 12.8 Å². The van der Waals surface area contributed by atoms with Gasteiger partial charge in [0.05, 0.1) is 6.10 Å². The first-order valence-corrected chi connectivity index (χ1v) is 5.19. The van der Waals surface area contributed by atoms with E-state index in [4.69, 9.17) is 6.42 Å². The van der Waals surface area contributed by atoms with E-state index in [1.54, 1.807) is 18.2 Å². The van der Waals surface area contributed by atoms with Crippen molar-refractivity contribution in [1.82, 2.24) is 0 Å². The second-order valence-corrected chi connectivity index (χ2v) is 3.43. The minimum atomic E-state index is -0.923. The molecule has 2 atom stereocenters. The first-order valence-electron chi connectivity index (χ1n) is 5.19. The van der Waals surface area contributed by atoms with E-state index in [9.17, 15) is 15.0 Å². The van der Waals surface area contributed by atoms with Gasteiger partial charge in [-0.2, -0.15) is 0 Å². The van der Waals surface area contributed by atoms with Crippen molar-refractivity contribution in [3.05, 3.63) is 24.3 Å². The highest BCUT2D eigenvalue weighted by molar-refractivity contribution is 5.76. The lowest BCUT2D eigenvalue weighted by Crippen LogP contribution is -2.07. The molecule has 0 radical (unpaired) electrons. The van der Waals surface area contributed by atoms with Crippen molar-refractivity contribution in [2.24, 2.45) is 0 Å². The number of rotatable bonds is 5. The fourth-order valence-electron chi connectivity index (χ4n) is 0.952. The van der Waals surface area contributed by atoms with Gasteiger partial charge in [0.15, 0.2) is 0 Å². The van der Waals surface area contributed by atoms with E-state index >= 15 is 0 Å². The average Bonchev–Trinajstić information content (AvgIpc) is 2.22. The highest BCUT2D eigenvalue weighted by atomic mass is 16.3. The van der Waals surface area contributed by atoms with Gasteiger partial charge in [0.1, 0.15) is 11.9 Å². The zero-order valence-corrected chi connectivity index (χ0v) is 9.76. The molecule has 0 aromatic rings. The fourth-order valence-corrected chi connectivity index (χ4v) is 0.952. The van der Waals surface area contributed by atoms with E-state index in [0.29, 0.717) is 0 Å². The van der Waals surface area contributed by atoms with Crippen molar-refractivity contribution in [2.75, 3.05) is 0 Å². The number of allylic oxidation sites excluding steroid dienone is 3. The Hall–Kier alpha value is -1.81. The van der Waals surface area contributed by atoms with Crippen molar-refractivity contribution in [1.29, 1.82) is 0 Å². The van der Waals surface area contributed by atoms with Crippen LogP contribution in [0.25, 0.3) is 0 Å². The van der Waals surface area contributed by atoms with Gasteiger partial charge in [-0.15, -0.1) is 12.3 Å². The van der Waals surface area contributed by atoms with Gasteiger partial charge in [0.25, 0.3) is 0 Å². The van der Waals surface area contributed by atoms with Crippen molar-refractivity contribution in [3.8, 4) is 24.2 Å². The van der Waals surface area contributed by atoms with Crippen LogP contribution in [0.2, 0.25) is 0 Å². The van der Waals surface area contributed by atoms with Crippen LogP contribution in [0.5, 0.6) is 0 Å². The Balaban J connectivity index is 4.00. The molecule has 3 nitrogen and oxygen atoms in total. The molecule has 0 heterocycles. The molecule has 17 heavy (non-hydrogen) atoms. The molecule has 0 aromatic carbocycles. The van der Waals surface area contributed by atoms with Crippen LogP contribution in [0.3, 0.4) is 0 Å². The molecule has 3 heteroatoms. The highest BCUT2D eigenvalue weighted by Gasteiger charge is 2.01. The number of ketones is 1. The van der Waals surface area contributed by atoms with Crippen molar-refractivity contribution in [3.63, 3.8) is 0 Å². The van der Waals surface area contributed by atoms with Gasteiger partial charge in [-0.3, -0.25) is 4.79 Å². The fraction of sp³-hybridized carbons (Fsp3) is 0.357. The quantitative estimate of drug-likeness (QED) is 0.545. The molecule has 2 N–H and O–H groups in total. The SMILES string of the molecule is C#CC[C@@H](O)/C=C/C=C/C#C[C@@H](O)CC(C)=O. The predicted molar refractivity (Wildman–Crippen MR) is 66.8 cm³/mol. The van der Waals surface area contributed by atoms with E-state index in [0.717, 1.165) is 0 Å². The third-order valence-electron chi connectivity index (χ3n) is 1.68. The largest absolute Gasteiger partial charge is 0.388 e. The zero-order valence-electron chi connectivity index (χ0n) is 9.76. The van der Waals surface area contributed by atoms with Gasteiger partial charge in [0.2, 0.25) is 0 Å². The summed E-state index contributed by atoms with van der Waals surface area (Å²) in [5.41, 5.74) is 0. The average molecular weight is 232 g/mol. The van der Waals surface area contributed by atoms with Crippen LogP contribution in [0, 0.1) is 24.2 Å². The number of terminal acetylenes is 1. The van der Waals surface area contributed by atoms with E-state index in [2.05, 4.69) is 17.8 Å². The van der Waals surface area contributed by atoms with Crippen LogP contribution in [0.1, 0.15) is 19.8 Å². The standard InChI is InChI=1S/C14H16O3/c1-3-8-13(16)9-6-4-5-7-10-14(17)11-12(2)15/h1,4-6,9,13-14,16-17H,8,11H2,2H3/b5-4+,9-6+/t13-,14-/m1/s1. The molecule has 0 fully saturated rings. The Bertz CT molecular complexity index is 388. The van der Waals surface area contributed by atoms with Gasteiger partial charge >= 0.3 is 0 Å². The van der Waals surface area contributed by atoms with Crippen molar-refractivity contribution >= 4 is 5.78 Å². The maximum absolute atomic E-state index is 10.6. The smallest absolute Gasteiger partial charge is 0.133 e. The molecule has 90 valence electrons. The maximum atomic E-state index is 10.6. The molecule has 0 saturated carbocycles. The van der Waals surface area contributed by atoms with Gasteiger partial charge in [-0.1, -0.05) is 30.1 Å². The monoisotopic (exact) mass is 232 g/mol. The molecule has 0 unspecified atom stereocenters. The number of hydrogen-bond donors (Lipinski definition) is 2. The highest BCUT2D eigenvalue weighted by Crippen LogP contribution is 1.92. The number of Topliss-reactive ketones (excluding diaryl/α,β-unsaturated/α-hetero) is 1. The third kappa shape index (κ3) is 10.5. The lowest BCUT2D eigenvalue weighted by molar-refractivity contribution is -0.118. The van der Waals surface area contributed by atoms with Crippen LogP contribution in [0.4, 0.5) is 0 Å². The third-order valence-corrected chi connectivity index (χ3v) is 1.68. The molecule has 0 aromatic heterocycles. The molecular formula is C14H16O3. The Labute approximate surface area is 102 Å². The molecule has 0 aliphatic carbocycles. The Morgan fingerprint density at radius 1 is 1.41 bits per heavy atom. The van der Waals surface area contributed by atoms with E-state index < -0.39 is 12.2 Å². The predicted octanol–water partition coefficient (Wildman–Crippen LogP) is 0.826. The van der Waals surface area contributed by atoms with Crippen LogP contribution in [-0.2, 0) is 4.79 Å². The minimum absolute atomic E-state index is 0.0392. The molecule has 0 aliphatic heterocycles. The first-order chi connectivity index (χ1) is 8.06. The number of hydrogen-bond acceptors (Lipinski definition) is 3. The van der Waals surface area contributed by atoms with Crippen LogP contribution >= 0.6 is 0 Å². The first kappa shape index (κ1) is 15.2. The summed E-state index contributed by atoms with van der Waals surface area (Å²) in [5, 5.41) is 18.4. The summed E-state index contributed by atoms with van der Waals surface area (Å²) in [5.74, 6) is 7.32. The number of carbonyl (C=O) groups is 1. The second-order valence-electron chi connectivity index (χ2n) is 3.43. The van der Waals surface area contributed by atoms with E-state index in [1.165, 1.54) is 13.0 Å². The molecule has 0 bridgehead atoms. The summed E-state index contributed by atoms with van der Waals surface area (Å²) in [6.07, 6.45) is 10.0. The second kappa shape index (κ2) is 9.42. The summed E-state index contributed by atoms with van der Waals surface area (Å²) in [7, 11) is 0. The lowest BCUT2D eigenvalue weighted by atomic mass is 10.2. The summed E-state index contributed by atoms with van der Waals surface area (Å²) in [6.45, 7) is 1.40. The Morgan fingerprint density at radius 2 is 2.12 bits per heavy atom. The van der Waals surface area contributed by atoms with E-state index in [1.807, 2.05) is 0 Å². The van der Waals surface area contributed by atoms with Crippen LogP contribution in [-0.4, -0.2) is 28.2 Å². The number of aliphatic hydroxyl groups is 2. The van der Waals surface area contributed by atoms with Gasteiger partial charge in [-0.05, 0) is 13.0 Å². The zero-order chi connectivity index (χ0) is 13.1. The summed E-state index contributed by atoms with van der Waals surface area (Å²) >= 11 is 0. The minimum Gasteiger partial charge on any atom is -0.388 e.